The van der Waals surface area contributed by atoms with Gasteiger partial charge in [-0.3, -0.25) is 0 Å². The fourth-order valence-corrected chi connectivity index (χ4v) is 5.20. The van der Waals surface area contributed by atoms with Gasteiger partial charge in [-0.1, -0.05) is 25.5 Å². The molecule has 1 fully saturated rings. The number of amides is 1. The normalized spacial score (nSPS) is 24.7. The summed E-state index contributed by atoms with van der Waals surface area (Å²) in [4.78, 5) is 27.9. The highest BCUT2D eigenvalue weighted by Crippen LogP contribution is 2.41. The molecule has 1 aromatic rings. The number of benzene rings is 1. The lowest BCUT2D eigenvalue weighted by Gasteiger charge is -2.36. The number of carbonyl (C=O) groups is 2. The first-order valence-electron chi connectivity index (χ1n) is 12.8. The number of carbonyl (C=O) groups excluding carboxylic acids is 2. The monoisotopic (exact) mass is 499 g/mol. The maximum absolute atomic E-state index is 13.1. The second kappa shape index (κ2) is 10.9. The zero-order chi connectivity index (χ0) is 26.0. The number of rotatable bonds is 5. The van der Waals surface area contributed by atoms with Gasteiger partial charge in [0.15, 0.2) is 11.9 Å². The molecule has 4 atom stereocenters. The minimum Gasteiger partial charge on any atom is -0.495 e. The molecule has 0 radical (unpaired) electrons. The molecule has 1 N–H and O–H groups in total. The quantitative estimate of drug-likeness (QED) is 0.559. The molecule has 8 nitrogen and oxygen atoms in total. The third-order valence-corrected chi connectivity index (χ3v) is 7.03. The minimum atomic E-state index is -0.806. The molecular weight excluding hydrogens is 462 g/mol. The summed E-state index contributed by atoms with van der Waals surface area (Å²) in [5.74, 6) is 0.211. The SMILES string of the molecule is COc1c([C@@H](O)CC(C)C)ccc2c1C(=O)OCC1C=C(C)C=C(OC(=O)N3CCCCC3C)C1O2. The molecule has 1 aliphatic carbocycles. The summed E-state index contributed by atoms with van der Waals surface area (Å²) in [7, 11) is 1.45. The Hall–Kier alpha value is -3.00. The van der Waals surface area contributed by atoms with Gasteiger partial charge in [0, 0.05) is 18.2 Å². The number of allylic oxidation sites excluding steroid dienone is 2. The fourth-order valence-electron chi connectivity index (χ4n) is 5.20. The van der Waals surface area contributed by atoms with Crippen LogP contribution in [0.15, 0.2) is 35.6 Å². The zero-order valence-corrected chi connectivity index (χ0v) is 21.8. The Morgan fingerprint density at radius 2 is 2.06 bits per heavy atom. The van der Waals surface area contributed by atoms with E-state index in [1.165, 1.54) is 7.11 Å². The van der Waals surface area contributed by atoms with Crippen LogP contribution in [0.25, 0.3) is 0 Å². The molecule has 3 unspecified atom stereocenters. The van der Waals surface area contributed by atoms with Crippen LogP contribution in [0.5, 0.6) is 11.5 Å². The molecule has 0 saturated carbocycles. The van der Waals surface area contributed by atoms with Crippen molar-refractivity contribution in [1.82, 2.24) is 4.90 Å². The third-order valence-electron chi connectivity index (χ3n) is 7.03. The largest absolute Gasteiger partial charge is 0.495 e. The molecule has 1 saturated heterocycles. The average molecular weight is 500 g/mol. The highest BCUT2D eigenvalue weighted by Gasteiger charge is 2.38. The van der Waals surface area contributed by atoms with Gasteiger partial charge in [-0.15, -0.1) is 0 Å². The van der Waals surface area contributed by atoms with Gasteiger partial charge < -0.3 is 29.0 Å². The van der Waals surface area contributed by atoms with E-state index >= 15 is 0 Å². The van der Waals surface area contributed by atoms with Gasteiger partial charge in [-0.25, -0.2) is 9.59 Å². The number of nitrogens with zero attached hydrogens (tertiary/aromatic N) is 1. The summed E-state index contributed by atoms with van der Waals surface area (Å²) < 4.78 is 23.5. The van der Waals surface area contributed by atoms with E-state index in [0.29, 0.717) is 24.3 Å². The van der Waals surface area contributed by atoms with Gasteiger partial charge in [0.05, 0.1) is 19.1 Å². The number of likely N-dealkylation sites (tertiary alicyclic amines) is 1. The smallest absolute Gasteiger partial charge is 0.415 e. The Kier molecular flexibility index (Phi) is 7.93. The first-order chi connectivity index (χ1) is 17.2. The van der Waals surface area contributed by atoms with Crippen LogP contribution in [0.2, 0.25) is 0 Å². The molecule has 4 rings (SSSR count). The molecule has 0 bridgehead atoms. The number of fused-ring (bicyclic) bond motifs is 2. The van der Waals surface area contributed by atoms with Gasteiger partial charge in [0.25, 0.3) is 0 Å². The van der Waals surface area contributed by atoms with Crippen LogP contribution >= 0.6 is 0 Å². The fraction of sp³-hybridized carbons (Fsp3) is 0.571. The van der Waals surface area contributed by atoms with Crippen LogP contribution in [0.1, 0.15) is 75.4 Å². The van der Waals surface area contributed by atoms with E-state index < -0.39 is 24.3 Å². The molecule has 1 amide bonds. The number of cyclic esters (lactones) is 1. The summed E-state index contributed by atoms with van der Waals surface area (Å²) in [5, 5.41) is 10.8. The van der Waals surface area contributed by atoms with Crippen molar-refractivity contribution < 1.29 is 33.6 Å². The molecular formula is C28H37NO7. The highest BCUT2D eigenvalue weighted by atomic mass is 16.6. The first kappa shape index (κ1) is 26.1. The Balaban J connectivity index is 1.66. The summed E-state index contributed by atoms with van der Waals surface area (Å²) >= 11 is 0. The van der Waals surface area contributed by atoms with E-state index in [4.69, 9.17) is 18.9 Å². The molecule has 36 heavy (non-hydrogen) atoms. The molecule has 2 aliphatic heterocycles. The number of aliphatic hydroxyl groups is 1. The number of hydrogen-bond donors (Lipinski definition) is 1. The van der Waals surface area contributed by atoms with E-state index in [9.17, 15) is 14.7 Å². The highest BCUT2D eigenvalue weighted by molar-refractivity contribution is 5.96. The number of hydrogen-bond acceptors (Lipinski definition) is 7. The second-order valence-corrected chi connectivity index (χ2v) is 10.4. The maximum Gasteiger partial charge on any atom is 0.415 e. The van der Waals surface area contributed by atoms with Crippen molar-refractivity contribution in [2.45, 2.75) is 71.6 Å². The standard InChI is InChI=1S/C28H37NO7/c1-16(2)12-21(30)20-9-10-22-24(26(20)33-5)27(31)34-15-19-13-17(3)14-23(25(19)35-22)36-28(32)29-11-7-6-8-18(29)4/h9-10,13-14,16,18-19,21,25,30H,6-8,11-12,15H2,1-5H3/t18?,19?,21-,25?/m0/s1. The molecule has 1 aromatic carbocycles. The number of aliphatic hydroxyl groups excluding tert-OH is 1. The van der Waals surface area contributed by atoms with Gasteiger partial charge in [0.1, 0.15) is 23.7 Å². The van der Waals surface area contributed by atoms with Crippen molar-refractivity contribution >= 4 is 12.1 Å². The molecule has 8 heteroatoms. The van der Waals surface area contributed by atoms with Crippen molar-refractivity contribution in [3.05, 3.63) is 46.7 Å². The van der Waals surface area contributed by atoms with Gasteiger partial charge in [-0.2, -0.15) is 0 Å². The topological polar surface area (TPSA) is 94.5 Å². The Morgan fingerprint density at radius 1 is 1.28 bits per heavy atom. The van der Waals surface area contributed by atoms with Gasteiger partial charge in [-0.05, 0) is 63.7 Å². The Bertz CT molecular complexity index is 1060. The van der Waals surface area contributed by atoms with Crippen LogP contribution in [0.4, 0.5) is 4.79 Å². The zero-order valence-electron chi connectivity index (χ0n) is 21.8. The summed E-state index contributed by atoms with van der Waals surface area (Å²) in [5.41, 5.74) is 1.53. The maximum atomic E-state index is 13.1. The predicted molar refractivity (Wildman–Crippen MR) is 134 cm³/mol. The lowest BCUT2D eigenvalue weighted by Crippen LogP contribution is -2.44. The summed E-state index contributed by atoms with van der Waals surface area (Å²) in [6, 6.07) is 3.48. The average Bonchev–Trinajstić information content (AvgIpc) is 2.82. The molecule has 196 valence electrons. The van der Waals surface area contributed by atoms with Crippen LogP contribution in [-0.4, -0.2) is 54.5 Å². The van der Waals surface area contributed by atoms with Crippen molar-refractivity contribution in [2.75, 3.05) is 20.3 Å². The van der Waals surface area contributed by atoms with E-state index in [-0.39, 0.29) is 41.5 Å². The summed E-state index contributed by atoms with van der Waals surface area (Å²) in [6.45, 7) is 8.68. The predicted octanol–water partition coefficient (Wildman–Crippen LogP) is 5.16. The summed E-state index contributed by atoms with van der Waals surface area (Å²) in [6.07, 6.45) is 5.40. The van der Waals surface area contributed by atoms with Crippen LogP contribution in [-0.2, 0) is 9.47 Å². The van der Waals surface area contributed by atoms with Gasteiger partial charge >= 0.3 is 12.1 Å². The first-order valence-corrected chi connectivity index (χ1v) is 12.8. The molecule has 0 aromatic heterocycles. The lowest BCUT2D eigenvalue weighted by atomic mass is 9.91. The molecule has 3 aliphatic rings. The van der Waals surface area contributed by atoms with Crippen LogP contribution in [0.3, 0.4) is 0 Å². The minimum absolute atomic E-state index is 0.0528. The number of piperidine rings is 1. The Morgan fingerprint density at radius 3 is 2.75 bits per heavy atom. The van der Waals surface area contributed by atoms with Crippen LogP contribution < -0.4 is 9.47 Å². The van der Waals surface area contributed by atoms with Crippen molar-refractivity contribution in [3.8, 4) is 11.5 Å². The second-order valence-electron chi connectivity index (χ2n) is 10.4. The van der Waals surface area contributed by atoms with Crippen molar-refractivity contribution in [2.24, 2.45) is 11.8 Å². The van der Waals surface area contributed by atoms with Crippen molar-refractivity contribution in [1.29, 1.82) is 0 Å². The van der Waals surface area contributed by atoms with Crippen molar-refractivity contribution in [3.63, 3.8) is 0 Å². The number of ether oxygens (including phenoxy) is 4. The van der Waals surface area contributed by atoms with E-state index in [1.807, 2.05) is 33.8 Å². The Labute approximate surface area is 212 Å². The number of methoxy groups -OCH3 is 1. The van der Waals surface area contributed by atoms with E-state index in [1.54, 1.807) is 23.1 Å². The molecule has 2 heterocycles. The lowest BCUT2D eigenvalue weighted by molar-refractivity contribution is 0.0213. The van der Waals surface area contributed by atoms with E-state index in [2.05, 4.69) is 0 Å². The van der Waals surface area contributed by atoms with E-state index in [0.717, 1.165) is 24.8 Å². The van der Waals surface area contributed by atoms with Crippen LogP contribution in [0, 0.1) is 11.8 Å². The third kappa shape index (κ3) is 5.38. The number of esters is 1. The molecule has 0 spiro atoms. The van der Waals surface area contributed by atoms with Gasteiger partial charge in [0.2, 0.25) is 0 Å².